The van der Waals surface area contributed by atoms with Crippen molar-refractivity contribution < 1.29 is 0 Å². The van der Waals surface area contributed by atoms with E-state index in [2.05, 4.69) is 128 Å². The zero-order valence-electron chi connectivity index (χ0n) is 19.6. The minimum Gasteiger partial charge on any atom is -0.0803 e. The monoisotopic (exact) mass is 386 g/mol. The maximum Gasteiger partial charge on any atom is 0.00475 e. The second-order valence-corrected chi connectivity index (χ2v) is 11.9. The van der Waals surface area contributed by atoms with Gasteiger partial charge in [0.15, 0.2) is 0 Å². The Bertz CT molecular complexity index is 957. The van der Waals surface area contributed by atoms with Crippen LogP contribution >= 0.6 is 0 Å². The lowest BCUT2D eigenvalue weighted by atomic mass is 9.23. The van der Waals surface area contributed by atoms with E-state index in [0.717, 1.165) is 0 Å². The van der Waals surface area contributed by atoms with Crippen LogP contribution in [-0.2, 0) is 0 Å². The minimum absolute atomic E-state index is 0.0195. The summed E-state index contributed by atoms with van der Waals surface area (Å²) in [6.07, 6.45) is 29.2. The van der Waals surface area contributed by atoms with Crippen LogP contribution in [0.5, 0.6) is 0 Å². The van der Waals surface area contributed by atoms with Gasteiger partial charge in [-0.1, -0.05) is 128 Å². The molecule has 0 amide bonds. The smallest absolute Gasteiger partial charge is 0.00475 e. The van der Waals surface area contributed by atoms with E-state index in [1.165, 1.54) is 0 Å². The van der Waals surface area contributed by atoms with Gasteiger partial charge in [-0.2, -0.15) is 0 Å². The highest BCUT2D eigenvalue weighted by Gasteiger charge is 2.85. The molecule has 0 aromatic heterocycles. The van der Waals surface area contributed by atoms with Gasteiger partial charge in [-0.15, -0.1) is 0 Å². The first kappa shape index (κ1) is 19.4. The Hall–Kier alpha value is -1.56. The molecule has 29 heavy (non-hydrogen) atoms. The van der Waals surface area contributed by atoms with Gasteiger partial charge in [0.05, 0.1) is 0 Å². The Morgan fingerprint density at radius 2 is 0.966 bits per heavy atom. The maximum atomic E-state index is 2.64. The van der Waals surface area contributed by atoms with Gasteiger partial charge in [-0.25, -0.2) is 0 Å². The standard InChI is InChI=1S/C29H38/c1-21-22-15-9-10-16-23(22,2)29(8)27(6)20-14-12-18-25(27,4)24(3)17-11-13-19-26(24,5)28(21,29)7/h9-22H,1-8H3. The molecule has 0 N–H and O–H groups in total. The molecular formula is C29H38. The van der Waals surface area contributed by atoms with Crippen molar-refractivity contribution in [3.8, 4) is 0 Å². The Morgan fingerprint density at radius 3 is 1.55 bits per heavy atom. The second-order valence-electron chi connectivity index (χ2n) is 11.9. The summed E-state index contributed by atoms with van der Waals surface area (Å²) >= 11 is 0. The van der Waals surface area contributed by atoms with E-state index in [-0.39, 0.29) is 37.9 Å². The maximum absolute atomic E-state index is 2.64. The highest BCUT2D eigenvalue weighted by atomic mass is 14.9. The summed E-state index contributed by atoms with van der Waals surface area (Å²) in [6.45, 7) is 20.6. The molecule has 0 radical (unpaired) electrons. The van der Waals surface area contributed by atoms with Gasteiger partial charge in [-0.05, 0) is 28.1 Å². The predicted molar refractivity (Wildman–Crippen MR) is 124 cm³/mol. The van der Waals surface area contributed by atoms with E-state index in [1.807, 2.05) is 0 Å². The van der Waals surface area contributed by atoms with E-state index in [0.29, 0.717) is 11.8 Å². The number of hydrogen-bond acceptors (Lipinski definition) is 0. The summed E-state index contributed by atoms with van der Waals surface area (Å²) in [5.41, 5.74) is 0.447. The Balaban J connectivity index is 1.97. The molecular weight excluding hydrogens is 348 g/mol. The van der Waals surface area contributed by atoms with Crippen LogP contribution in [0.1, 0.15) is 55.4 Å². The average molecular weight is 387 g/mol. The highest BCUT2D eigenvalue weighted by molar-refractivity contribution is 5.49. The summed E-state index contributed by atoms with van der Waals surface area (Å²) in [6, 6.07) is 0. The quantitative estimate of drug-likeness (QED) is 0.400. The number of fused-ring (bicyclic) bond motifs is 8. The molecule has 0 nitrogen and oxygen atoms in total. The van der Waals surface area contributed by atoms with E-state index in [4.69, 9.17) is 0 Å². The van der Waals surface area contributed by atoms with Crippen LogP contribution in [0, 0.1) is 49.7 Å². The molecule has 9 atom stereocenters. The van der Waals surface area contributed by atoms with Crippen molar-refractivity contribution >= 4 is 0 Å². The van der Waals surface area contributed by atoms with Crippen molar-refractivity contribution in [1.82, 2.24) is 0 Å². The molecule has 0 heteroatoms. The van der Waals surface area contributed by atoms with Gasteiger partial charge < -0.3 is 0 Å². The van der Waals surface area contributed by atoms with Crippen molar-refractivity contribution in [3.63, 3.8) is 0 Å². The predicted octanol–water partition coefficient (Wildman–Crippen LogP) is 7.69. The summed E-state index contributed by atoms with van der Waals surface area (Å²) in [4.78, 5) is 0. The fourth-order valence-electron chi connectivity index (χ4n) is 9.91. The van der Waals surface area contributed by atoms with Crippen LogP contribution in [0.15, 0.2) is 72.9 Å². The van der Waals surface area contributed by atoms with Crippen LogP contribution in [0.3, 0.4) is 0 Å². The molecule has 0 saturated heterocycles. The third-order valence-electron chi connectivity index (χ3n) is 12.4. The third-order valence-corrected chi connectivity index (χ3v) is 12.4. The molecule has 5 aliphatic rings. The van der Waals surface area contributed by atoms with Gasteiger partial charge in [0.1, 0.15) is 0 Å². The van der Waals surface area contributed by atoms with Crippen LogP contribution in [0.4, 0.5) is 0 Å². The average Bonchev–Trinajstić information content (AvgIpc) is 2.83. The molecule has 0 heterocycles. The first-order chi connectivity index (χ1) is 13.4. The van der Waals surface area contributed by atoms with Gasteiger partial charge >= 0.3 is 0 Å². The lowest BCUT2D eigenvalue weighted by Gasteiger charge is -2.79. The Morgan fingerprint density at radius 1 is 0.517 bits per heavy atom. The topological polar surface area (TPSA) is 0 Å². The van der Waals surface area contributed by atoms with Crippen molar-refractivity contribution in [1.29, 1.82) is 0 Å². The van der Waals surface area contributed by atoms with Crippen LogP contribution in [-0.4, -0.2) is 0 Å². The van der Waals surface area contributed by atoms with E-state index >= 15 is 0 Å². The Kier molecular flexibility index (Phi) is 3.35. The van der Waals surface area contributed by atoms with Crippen molar-refractivity contribution in [2.45, 2.75) is 55.4 Å². The van der Waals surface area contributed by atoms with E-state index in [1.54, 1.807) is 0 Å². The van der Waals surface area contributed by atoms with Crippen molar-refractivity contribution in [2.24, 2.45) is 49.7 Å². The molecule has 154 valence electrons. The lowest BCUT2D eigenvalue weighted by molar-refractivity contribution is -0.269. The Labute approximate surface area is 178 Å². The number of rotatable bonds is 0. The fourth-order valence-corrected chi connectivity index (χ4v) is 9.91. The summed E-state index contributed by atoms with van der Waals surface area (Å²) in [7, 11) is 0. The van der Waals surface area contributed by atoms with Crippen molar-refractivity contribution in [2.75, 3.05) is 0 Å². The summed E-state index contributed by atoms with van der Waals surface area (Å²) < 4.78 is 0. The zero-order valence-corrected chi connectivity index (χ0v) is 19.6. The van der Waals surface area contributed by atoms with Crippen LogP contribution < -0.4 is 0 Å². The summed E-state index contributed by atoms with van der Waals surface area (Å²) in [5, 5.41) is 0. The van der Waals surface area contributed by atoms with Crippen LogP contribution in [0.2, 0.25) is 0 Å². The van der Waals surface area contributed by atoms with Gasteiger partial charge in [-0.3, -0.25) is 0 Å². The molecule has 5 aliphatic carbocycles. The van der Waals surface area contributed by atoms with Gasteiger partial charge in [0.2, 0.25) is 0 Å². The third kappa shape index (κ3) is 1.48. The molecule has 2 fully saturated rings. The fraction of sp³-hybridized carbons (Fsp3) is 0.586. The molecule has 0 bridgehead atoms. The first-order valence-corrected chi connectivity index (χ1v) is 11.5. The van der Waals surface area contributed by atoms with Gasteiger partial charge in [0, 0.05) is 21.7 Å². The summed E-state index contributed by atoms with van der Waals surface area (Å²) in [5.74, 6) is 1.14. The molecule has 9 unspecified atom stereocenters. The van der Waals surface area contributed by atoms with E-state index in [9.17, 15) is 0 Å². The van der Waals surface area contributed by atoms with Crippen LogP contribution in [0.25, 0.3) is 0 Å². The molecule has 0 spiro atoms. The minimum atomic E-state index is 0.0195. The zero-order chi connectivity index (χ0) is 21.1. The van der Waals surface area contributed by atoms with Crippen molar-refractivity contribution in [3.05, 3.63) is 72.9 Å². The number of hydrogen-bond donors (Lipinski definition) is 0. The normalized spacial score (nSPS) is 61.2. The van der Waals surface area contributed by atoms with E-state index < -0.39 is 0 Å². The molecule has 2 saturated carbocycles. The largest absolute Gasteiger partial charge is 0.0803 e. The molecule has 0 aromatic rings. The molecule has 0 aromatic carbocycles. The first-order valence-electron chi connectivity index (χ1n) is 11.5. The lowest BCUT2D eigenvalue weighted by Crippen LogP contribution is -2.75. The molecule has 0 aliphatic heterocycles. The number of allylic oxidation sites excluding steroid dienone is 12. The highest BCUT2D eigenvalue weighted by Crippen LogP contribution is 2.90. The SMILES string of the molecule is CC1C2C=CC=CC2(C)C2(C)C3(C)C=CC=CC3(C)C3(C)C=CC=CC3(C)C12C. The van der Waals surface area contributed by atoms with Gasteiger partial charge in [0.25, 0.3) is 0 Å². The molecule has 5 rings (SSSR count). The second kappa shape index (κ2) is 5.01.